The van der Waals surface area contributed by atoms with Gasteiger partial charge in [-0.2, -0.15) is 0 Å². The van der Waals surface area contributed by atoms with Crippen LogP contribution in [0, 0.1) is 0 Å². The van der Waals surface area contributed by atoms with E-state index in [0.29, 0.717) is 25.9 Å². The lowest BCUT2D eigenvalue weighted by atomic mass is 9.83. The van der Waals surface area contributed by atoms with Gasteiger partial charge < -0.3 is 20.5 Å². The van der Waals surface area contributed by atoms with Crippen LogP contribution in [-0.2, 0) is 20.9 Å². The predicted molar refractivity (Wildman–Crippen MR) is 156 cm³/mol. The average Bonchev–Trinajstić information content (AvgIpc) is 3.27. The van der Waals surface area contributed by atoms with E-state index < -0.39 is 29.0 Å². The fraction of sp³-hybridized carbons (Fsp3) is 0.364. The molecule has 3 aromatic carbocycles. The molecule has 0 spiro atoms. The molecule has 1 saturated heterocycles. The van der Waals surface area contributed by atoms with Crippen LogP contribution in [0.4, 0.5) is 4.79 Å². The lowest BCUT2D eigenvalue weighted by molar-refractivity contribution is -0.146. The molecule has 0 bridgehead atoms. The number of amides is 2. The molecule has 0 atom stereocenters. The first-order valence-electron chi connectivity index (χ1n) is 14.1. The van der Waals surface area contributed by atoms with Crippen LogP contribution in [-0.4, -0.2) is 58.8 Å². The van der Waals surface area contributed by atoms with Gasteiger partial charge in [-0.3, -0.25) is 9.69 Å². The summed E-state index contributed by atoms with van der Waals surface area (Å²) >= 11 is 0. The van der Waals surface area contributed by atoms with E-state index >= 15 is 0 Å². The third kappa shape index (κ3) is 6.43. The van der Waals surface area contributed by atoms with Gasteiger partial charge in [0.1, 0.15) is 12.1 Å². The quantitative estimate of drug-likeness (QED) is 0.346. The largest absolute Gasteiger partial charge is 0.480 e. The van der Waals surface area contributed by atoms with E-state index in [1.807, 2.05) is 42.5 Å². The van der Waals surface area contributed by atoms with Crippen molar-refractivity contribution in [3.63, 3.8) is 0 Å². The van der Waals surface area contributed by atoms with Gasteiger partial charge in [-0.25, -0.2) is 9.59 Å². The number of hydrogen-bond acceptors (Lipinski definition) is 5. The van der Waals surface area contributed by atoms with Gasteiger partial charge in [0.2, 0.25) is 5.91 Å². The predicted octanol–water partition coefficient (Wildman–Crippen LogP) is 4.93. The monoisotopic (exact) mass is 555 g/mol. The summed E-state index contributed by atoms with van der Waals surface area (Å²) in [6.07, 6.45) is 0.455. The average molecular weight is 556 g/mol. The molecule has 0 radical (unpaired) electrons. The number of carbonyl (C=O) groups is 3. The summed E-state index contributed by atoms with van der Waals surface area (Å²) in [5, 5.41) is 15.1. The summed E-state index contributed by atoms with van der Waals surface area (Å²) in [6.45, 7) is 5.19. The molecule has 0 aromatic heterocycles. The summed E-state index contributed by atoms with van der Waals surface area (Å²) in [5.41, 5.74) is 3.48. The van der Waals surface area contributed by atoms with Gasteiger partial charge in [0.15, 0.2) is 0 Å². The van der Waals surface area contributed by atoms with Crippen molar-refractivity contribution in [2.75, 3.05) is 19.7 Å². The first-order valence-corrected chi connectivity index (χ1v) is 14.1. The third-order valence-corrected chi connectivity index (χ3v) is 8.26. The molecular weight excluding hydrogens is 518 g/mol. The molecule has 1 aliphatic heterocycles. The Labute approximate surface area is 240 Å². The minimum atomic E-state index is -1.42. The maximum atomic E-state index is 13.3. The van der Waals surface area contributed by atoms with Gasteiger partial charge in [-0.1, -0.05) is 78.9 Å². The summed E-state index contributed by atoms with van der Waals surface area (Å²) < 4.78 is 5.82. The number of aliphatic carboxylic acids is 1. The lowest BCUT2D eigenvalue weighted by Crippen LogP contribution is -2.59. The van der Waals surface area contributed by atoms with E-state index in [1.165, 1.54) is 19.4 Å². The fourth-order valence-electron chi connectivity index (χ4n) is 5.93. The van der Waals surface area contributed by atoms with Crippen molar-refractivity contribution in [2.24, 2.45) is 0 Å². The second-order valence-corrected chi connectivity index (χ2v) is 11.6. The van der Waals surface area contributed by atoms with Crippen molar-refractivity contribution in [2.45, 2.75) is 56.7 Å². The molecule has 2 aliphatic rings. The number of carboxylic acids is 1. The molecule has 0 saturated carbocycles. The first kappa shape index (κ1) is 28.4. The van der Waals surface area contributed by atoms with Crippen LogP contribution in [0.1, 0.15) is 55.7 Å². The molecular formula is C33H37N3O5. The van der Waals surface area contributed by atoms with E-state index in [0.717, 1.165) is 28.8 Å². The van der Waals surface area contributed by atoms with E-state index in [1.54, 1.807) is 0 Å². The number of benzene rings is 3. The number of hydrogen-bond donors (Lipinski definition) is 3. The highest BCUT2D eigenvalue weighted by Crippen LogP contribution is 2.44. The number of fused-ring (bicyclic) bond motifs is 3. The van der Waals surface area contributed by atoms with Crippen LogP contribution in [0.3, 0.4) is 0 Å². The number of carbonyl (C=O) groups excluding carboxylic acids is 2. The second kappa shape index (κ2) is 11.7. The molecule has 3 N–H and O–H groups in total. The third-order valence-electron chi connectivity index (χ3n) is 8.26. The van der Waals surface area contributed by atoms with Crippen LogP contribution >= 0.6 is 0 Å². The Morgan fingerprint density at radius 2 is 1.46 bits per heavy atom. The number of ether oxygens (including phenoxy) is 1. The number of likely N-dealkylation sites (tertiary alicyclic amines) is 1. The van der Waals surface area contributed by atoms with Crippen molar-refractivity contribution in [3.8, 4) is 11.1 Å². The van der Waals surface area contributed by atoms with Crippen molar-refractivity contribution in [1.82, 2.24) is 15.5 Å². The molecule has 5 rings (SSSR count). The van der Waals surface area contributed by atoms with E-state index in [-0.39, 0.29) is 18.9 Å². The number of alkyl carbamates (subject to hydrolysis) is 1. The van der Waals surface area contributed by atoms with Crippen LogP contribution in [0.2, 0.25) is 0 Å². The number of nitrogens with one attached hydrogen (secondary N) is 2. The Hall–Kier alpha value is -4.17. The molecule has 3 aromatic rings. The molecule has 2 amide bonds. The zero-order valence-corrected chi connectivity index (χ0v) is 23.6. The molecule has 214 valence electrons. The SMILES string of the molecule is CC(C)(NC(=O)CC1(NC(=O)OCC2c3ccccc3-c3ccccc32)CCN(Cc2ccccc2)CC1)C(=O)O. The summed E-state index contributed by atoms with van der Waals surface area (Å²) in [4.78, 5) is 40.2. The smallest absolute Gasteiger partial charge is 0.407 e. The number of nitrogens with zero attached hydrogens (tertiary/aromatic N) is 1. The maximum absolute atomic E-state index is 13.3. The van der Waals surface area contributed by atoms with Crippen molar-refractivity contribution < 1.29 is 24.2 Å². The molecule has 8 heteroatoms. The van der Waals surface area contributed by atoms with Crippen molar-refractivity contribution in [3.05, 3.63) is 95.6 Å². The Kier molecular flexibility index (Phi) is 8.13. The highest BCUT2D eigenvalue weighted by Gasteiger charge is 2.40. The van der Waals surface area contributed by atoms with E-state index in [2.05, 4.69) is 51.9 Å². The van der Waals surface area contributed by atoms with Gasteiger partial charge >= 0.3 is 12.1 Å². The highest BCUT2D eigenvalue weighted by molar-refractivity contribution is 5.87. The standard InChI is InChI=1S/C33H37N3O5/c1-32(2,30(38)39)34-29(37)20-33(16-18-36(19-17-33)21-23-10-4-3-5-11-23)35-31(40)41-22-28-26-14-8-6-12-24(26)25-13-7-9-15-27(25)28/h3-15,28H,16-22H2,1-2H3,(H,34,37)(H,35,40)(H,38,39). The number of carboxylic acid groups (broad SMARTS) is 1. The summed E-state index contributed by atoms with van der Waals surface area (Å²) in [6, 6.07) is 26.5. The van der Waals surface area contributed by atoms with Crippen molar-refractivity contribution >= 4 is 18.0 Å². The zero-order valence-electron chi connectivity index (χ0n) is 23.6. The van der Waals surface area contributed by atoms with Crippen LogP contribution < -0.4 is 10.6 Å². The van der Waals surface area contributed by atoms with Gasteiger partial charge in [-0.15, -0.1) is 0 Å². The molecule has 1 heterocycles. The second-order valence-electron chi connectivity index (χ2n) is 11.6. The minimum Gasteiger partial charge on any atom is -0.480 e. The number of rotatable bonds is 9. The Morgan fingerprint density at radius 3 is 2.05 bits per heavy atom. The fourth-order valence-corrected chi connectivity index (χ4v) is 5.93. The van der Waals surface area contributed by atoms with Gasteiger partial charge in [-0.05, 0) is 54.5 Å². The summed E-state index contributed by atoms with van der Waals surface area (Å²) in [5.74, 6) is -1.62. The molecule has 41 heavy (non-hydrogen) atoms. The van der Waals surface area contributed by atoms with Crippen LogP contribution in [0.15, 0.2) is 78.9 Å². The van der Waals surface area contributed by atoms with E-state index in [9.17, 15) is 19.5 Å². The van der Waals surface area contributed by atoms with Crippen LogP contribution in [0.5, 0.6) is 0 Å². The molecule has 1 aliphatic carbocycles. The molecule has 0 unspecified atom stereocenters. The maximum Gasteiger partial charge on any atom is 0.407 e. The first-order chi connectivity index (χ1) is 19.7. The zero-order chi connectivity index (χ0) is 29.0. The van der Waals surface area contributed by atoms with Gasteiger partial charge in [0, 0.05) is 32.0 Å². The van der Waals surface area contributed by atoms with Gasteiger partial charge in [0.05, 0.1) is 5.54 Å². The minimum absolute atomic E-state index is 0.0346. The Morgan fingerprint density at radius 1 is 0.902 bits per heavy atom. The topological polar surface area (TPSA) is 108 Å². The summed E-state index contributed by atoms with van der Waals surface area (Å²) in [7, 11) is 0. The van der Waals surface area contributed by atoms with Crippen LogP contribution in [0.25, 0.3) is 11.1 Å². The Bertz CT molecular complexity index is 1370. The van der Waals surface area contributed by atoms with Gasteiger partial charge in [0.25, 0.3) is 0 Å². The van der Waals surface area contributed by atoms with Crippen molar-refractivity contribution in [1.29, 1.82) is 0 Å². The molecule has 1 fully saturated rings. The number of piperidine rings is 1. The van der Waals surface area contributed by atoms with E-state index in [4.69, 9.17) is 4.74 Å². The molecule has 8 nitrogen and oxygen atoms in total. The normalized spacial score (nSPS) is 16.3. The Balaban J connectivity index is 1.27. The lowest BCUT2D eigenvalue weighted by Gasteiger charge is -2.42. The highest BCUT2D eigenvalue weighted by atomic mass is 16.5.